The summed E-state index contributed by atoms with van der Waals surface area (Å²) in [6.45, 7) is 0.437. The molecule has 4 rings (SSSR count). The summed E-state index contributed by atoms with van der Waals surface area (Å²) in [4.78, 5) is 13.3. The van der Waals surface area contributed by atoms with Crippen LogP contribution in [0, 0.1) is 0 Å². The third-order valence-electron chi connectivity index (χ3n) is 4.15. The van der Waals surface area contributed by atoms with Crippen LogP contribution in [0.5, 0.6) is 0 Å². The van der Waals surface area contributed by atoms with Crippen molar-refractivity contribution in [2.24, 2.45) is 5.14 Å². The van der Waals surface area contributed by atoms with Crippen molar-refractivity contribution in [3.05, 3.63) is 65.9 Å². The molecule has 0 aliphatic heterocycles. The van der Waals surface area contributed by atoms with Crippen molar-refractivity contribution in [1.82, 2.24) is 14.8 Å². The molecular weight excluding hydrogens is 458 g/mol. The van der Waals surface area contributed by atoms with Gasteiger partial charge in [0, 0.05) is 5.69 Å². The first kappa shape index (κ1) is 21.3. The highest BCUT2D eigenvalue weighted by molar-refractivity contribution is 7.99. The highest BCUT2D eigenvalue weighted by atomic mass is 32.2. The van der Waals surface area contributed by atoms with E-state index in [9.17, 15) is 13.2 Å². The lowest BCUT2D eigenvalue weighted by Crippen LogP contribution is -2.15. The molecule has 0 radical (unpaired) electrons. The summed E-state index contributed by atoms with van der Waals surface area (Å²) < 4.78 is 30.0. The second kappa shape index (κ2) is 9.06. The van der Waals surface area contributed by atoms with Gasteiger partial charge >= 0.3 is 0 Å². The number of carbonyl (C=O) groups is 1. The lowest BCUT2D eigenvalue weighted by Gasteiger charge is -2.08. The number of primary sulfonamides is 1. The van der Waals surface area contributed by atoms with Gasteiger partial charge in [0.2, 0.25) is 15.9 Å². The van der Waals surface area contributed by atoms with Crippen LogP contribution in [0.4, 0.5) is 5.69 Å². The molecule has 0 unspecified atom stereocenters. The lowest BCUT2D eigenvalue weighted by atomic mass is 10.3. The van der Waals surface area contributed by atoms with Gasteiger partial charge in [-0.2, -0.15) is 0 Å². The van der Waals surface area contributed by atoms with Crippen molar-refractivity contribution in [2.45, 2.75) is 16.6 Å². The fraction of sp³-hybridized carbons (Fsp3) is 0.105. The Balaban J connectivity index is 1.46. The first-order valence-corrected chi connectivity index (χ1v) is 12.4. The van der Waals surface area contributed by atoms with Crippen molar-refractivity contribution in [3.63, 3.8) is 0 Å². The summed E-state index contributed by atoms with van der Waals surface area (Å²) in [6.07, 6.45) is 1.60. The molecule has 0 spiro atoms. The number of nitrogens with one attached hydrogen (secondary N) is 1. The number of amides is 1. The van der Waals surface area contributed by atoms with E-state index in [-0.39, 0.29) is 16.6 Å². The number of sulfonamides is 1. The molecule has 0 aliphatic carbocycles. The van der Waals surface area contributed by atoms with E-state index in [4.69, 9.17) is 9.56 Å². The summed E-state index contributed by atoms with van der Waals surface area (Å²) in [5.74, 6) is 1.28. The van der Waals surface area contributed by atoms with Gasteiger partial charge in [-0.05, 0) is 47.8 Å². The predicted octanol–water partition coefficient (Wildman–Crippen LogP) is 3.03. The molecule has 0 aliphatic rings. The van der Waals surface area contributed by atoms with E-state index in [0.29, 0.717) is 23.2 Å². The third-order valence-corrected chi connectivity index (χ3v) is 6.91. The van der Waals surface area contributed by atoms with Crippen molar-refractivity contribution >= 4 is 44.7 Å². The summed E-state index contributed by atoms with van der Waals surface area (Å²) in [5, 5.41) is 18.9. The Labute approximate surface area is 186 Å². The second-order valence-corrected chi connectivity index (χ2v) is 9.81. The van der Waals surface area contributed by atoms with E-state index in [2.05, 4.69) is 15.5 Å². The average Bonchev–Trinajstić information content (AvgIpc) is 3.49. The van der Waals surface area contributed by atoms with Crippen molar-refractivity contribution in [2.75, 3.05) is 11.1 Å². The van der Waals surface area contributed by atoms with Crippen LogP contribution in [0.15, 0.2) is 74.6 Å². The molecule has 0 bridgehead atoms. The number of rotatable bonds is 8. The minimum atomic E-state index is -3.78. The van der Waals surface area contributed by atoms with Crippen LogP contribution in [0.25, 0.3) is 10.7 Å². The molecule has 3 aromatic heterocycles. The molecule has 9 nitrogen and oxygen atoms in total. The smallest absolute Gasteiger partial charge is 0.238 e. The normalized spacial score (nSPS) is 11.5. The van der Waals surface area contributed by atoms with Crippen molar-refractivity contribution in [1.29, 1.82) is 0 Å². The first-order chi connectivity index (χ1) is 14.9. The van der Waals surface area contributed by atoms with Gasteiger partial charge in [0.05, 0.1) is 28.3 Å². The SMILES string of the molecule is NS(=O)(=O)c1ccc(NC(=O)CSc2nnc(-c3cccs3)n2Cc2ccco2)cc1. The molecule has 0 atom stereocenters. The number of thiophene rings is 1. The largest absolute Gasteiger partial charge is 0.467 e. The number of aromatic nitrogens is 3. The third kappa shape index (κ3) is 5.22. The van der Waals surface area contributed by atoms with E-state index in [0.717, 1.165) is 10.6 Å². The Hall–Kier alpha value is -2.93. The average molecular weight is 476 g/mol. The highest BCUT2D eigenvalue weighted by Crippen LogP contribution is 2.28. The van der Waals surface area contributed by atoms with Gasteiger partial charge in [0.1, 0.15) is 5.76 Å². The number of nitrogens with two attached hydrogens (primary N) is 1. The summed E-state index contributed by atoms with van der Waals surface area (Å²) >= 11 is 2.80. The molecule has 1 amide bonds. The standard InChI is InChI=1S/C19H17N5O4S3/c20-31(26,27)15-7-5-13(6-8-15)21-17(25)12-30-19-23-22-18(16-4-2-10-29-16)24(19)11-14-3-1-9-28-14/h1-10H,11-12H2,(H,21,25)(H2,20,26,27). The van der Waals surface area contributed by atoms with Crippen LogP contribution in [0.1, 0.15) is 5.76 Å². The molecule has 12 heteroatoms. The number of thioether (sulfide) groups is 1. The topological polar surface area (TPSA) is 133 Å². The van der Waals surface area contributed by atoms with Crippen LogP contribution in [0.3, 0.4) is 0 Å². The van der Waals surface area contributed by atoms with Crippen molar-refractivity contribution < 1.29 is 17.6 Å². The number of hydrogen-bond acceptors (Lipinski definition) is 8. The zero-order chi connectivity index (χ0) is 21.8. The number of furan rings is 1. The van der Waals surface area contributed by atoms with Gasteiger partial charge in [-0.25, -0.2) is 13.6 Å². The molecule has 3 heterocycles. The molecule has 4 aromatic rings. The molecule has 160 valence electrons. The van der Waals surface area contributed by atoms with Crippen LogP contribution in [-0.2, 0) is 21.4 Å². The molecule has 3 N–H and O–H groups in total. The van der Waals surface area contributed by atoms with E-state index in [1.807, 2.05) is 34.2 Å². The molecule has 1 aromatic carbocycles. The van der Waals surface area contributed by atoms with Gasteiger partial charge in [0.15, 0.2) is 11.0 Å². The predicted molar refractivity (Wildman–Crippen MR) is 118 cm³/mol. The Bertz CT molecular complexity index is 1260. The van der Waals surface area contributed by atoms with Crippen LogP contribution in [-0.4, -0.2) is 34.8 Å². The molecule has 0 saturated carbocycles. The van der Waals surface area contributed by atoms with Gasteiger partial charge in [-0.15, -0.1) is 21.5 Å². The maximum absolute atomic E-state index is 12.4. The second-order valence-electron chi connectivity index (χ2n) is 6.36. The Morgan fingerprint density at radius 2 is 1.97 bits per heavy atom. The number of carbonyl (C=O) groups excluding carboxylic acids is 1. The van der Waals surface area contributed by atoms with Crippen LogP contribution in [0.2, 0.25) is 0 Å². The van der Waals surface area contributed by atoms with Gasteiger partial charge in [0.25, 0.3) is 0 Å². The number of anilines is 1. The number of nitrogens with zero attached hydrogens (tertiary/aromatic N) is 3. The maximum atomic E-state index is 12.4. The zero-order valence-corrected chi connectivity index (χ0v) is 18.4. The quantitative estimate of drug-likeness (QED) is 0.374. The summed E-state index contributed by atoms with van der Waals surface area (Å²) in [6, 6.07) is 13.2. The lowest BCUT2D eigenvalue weighted by molar-refractivity contribution is -0.113. The Morgan fingerprint density at radius 1 is 1.16 bits per heavy atom. The van der Waals surface area contributed by atoms with Crippen LogP contribution < -0.4 is 10.5 Å². The van der Waals surface area contributed by atoms with Crippen molar-refractivity contribution in [3.8, 4) is 10.7 Å². The number of benzene rings is 1. The molecule has 0 saturated heterocycles. The fourth-order valence-corrected chi connectivity index (χ4v) is 4.71. The van der Waals surface area contributed by atoms with Crippen LogP contribution >= 0.6 is 23.1 Å². The molecular formula is C19H17N5O4S3. The van der Waals surface area contributed by atoms with E-state index >= 15 is 0 Å². The highest BCUT2D eigenvalue weighted by Gasteiger charge is 2.18. The fourth-order valence-electron chi connectivity index (χ4n) is 2.74. The molecule has 31 heavy (non-hydrogen) atoms. The Kier molecular flexibility index (Phi) is 6.23. The van der Waals surface area contributed by atoms with E-state index in [1.165, 1.54) is 36.0 Å². The summed E-state index contributed by atoms with van der Waals surface area (Å²) in [7, 11) is -3.78. The first-order valence-electron chi connectivity index (χ1n) is 8.95. The number of hydrogen-bond donors (Lipinski definition) is 2. The monoisotopic (exact) mass is 475 g/mol. The van der Waals surface area contributed by atoms with Gasteiger partial charge < -0.3 is 9.73 Å². The van der Waals surface area contributed by atoms with Gasteiger partial charge in [-0.1, -0.05) is 17.8 Å². The minimum Gasteiger partial charge on any atom is -0.467 e. The summed E-state index contributed by atoms with van der Waals surface area (Å²) in [5.41, 5.74) is 0.467. The molecule has 0 fully saturated rings. The Morgan fingerprint density at radius 3 is 2.61 bits per heavy atom. The maximum Gasteiger partial charge on any atom is 0.238 e. The zero-order valence-electron chi connectivity index (χ0n) is 16.0. The minimum absolute atomic E-state index is 0.0213. The van der Waals surface area contributed by atoms with Gasteiger partial charge in [-0.3, -0.25) is 9.36 Å². The van der Waals surface area contributed by atoms with E-state index in [1.54, 1.807) is 17.6 Å². The van der Waals surface area contributed by atoms with E-state index < -0.39 is 10.0 Å².